The second-order valence-electron chi connectivity index (χ2n) is 1.84. The van der Waals surface area contributed by atoms with E-state index in [0.29, 0.717) is 5.57 Å². The van der Waals surface area contributed by atoms with Crippen LogP contribution >= 0.6 is 0 Å². The fraction of sp³-hybridized carbons (Fsp3) is 0.500. The third kappa shape index (κ3) is 3.17. The predicted octanol–water partition coefficient (Wildman–Crippen LogP) is 2.18. The van der Waals surface area contributed by atoms with Crippen molar-refractivity contribution in [1.82, 2.24) is 0 Å². The van der Waals surface area contributed by atoms with Crippen molar-refractivity contribution < 1.29 is 13.5 Å². The van der Waals surface area contributed by atoms with Gasteiger partial charge in [0.2, 0.25) is 5.88 Å². The van der Waals surface area contributed by atoms with E-state index in [9.17, 15) is 8.78 Å². The van der Waals surface area contributed by atoms with Crippen molar-refractivity contribution in [1.29, 1.82) is 0 Å². The van der Waals surface area contributed by atoms with Crippen LogP contribution in [0, 0.1) is 0 Å². The lowest BCUT2D eigenvalue weighted by molar-refractivity contribution is -0.0973. The maximum absolute atomic E-state index is 11.5. The first-order valence-corrected chi connectivity index (χ1v) is 2.67. The van der Waals surface area contributed by atoms with Gasteiger partial charge in [-0.15, -0.1) is 0 Å². The zero-order valence-electron chi connectivity index (χ0n) is 5.90. The molecule has 0 fully saturated rings. The lowest BCUT2D eigenvalue weighted by Gasteiger charge is -2.04. The molecule has 0 aromatic heterocycles. The first-order chi connectivity index (χ1) is 4.57. The number of alkyl halides is 2. The Morgan fingerprint density at radius 3 is 2.10 bits per heavy atom. The number of rotatable bonds is 3. The van der Waals surface area contributed by atoms with Gasteiger partial charge in [0.05, 0.1) is 0 Å². The molecule has 4 heteroatoms. The topological polar surface area (TPSA) is 21.6 Å². The van der Waals surface area contributed by atoms with Crippen LogP contribution in [0.4, 0.5) is 8.78 Å². The van der Waals surface area contributed by atoms with Gasteiger partial charge in [-0.05, 0) is 26.1 Å². The molecule has 0 radical (unpaired) electrons. The Bertz CT molecular complexity index is 150. The fourth-order valence-electron chi connectivity index (χ4n) is 0.398. The van der Waals surface area contributed by atoms with E-state index >= 15 is 0 Å². The minimum atomic E-state index is -2.82. The van der Waals surface area contributed by atoms with E-state index < -0.39 is 6.61 Å². The molecule has 0 rings (SSSR count). The van der Waals surface area contributed by atoms with E-state index in [-0.39, 0.29) is 5.88 Å². The summed E-state index contributed by atoms with van der Waals surface area (Å²) in [4.78, 5) is 3.26. The summed E-state index contributed by atoms with van der Waals surface area (Å²) in [6.07, 6.45) is 0. The van der Waals surface area contributed by atoms with Gasteiger partial charge < -0.3 is 4.74 Å². The maximum atomic E-state index is 11.5. The molecule has 0 aromatic carbocycles. The second kappa shape index (κ2) is 3.98. The van der Waals surface area contributed by atoms with Gasteiger partial charge in [-0.3, -0.25) is 0 Å². The minimum absolute atomic E-state index is 0.102. The van der Waals surface area contributed by atoms with Crippen molar-refractivity contribution in [3.8, 4) is 0 Å². The van der Waals surface area contributed by atoms with Crippen LogP contribution < -0.4 is 0 Å². The highest BCUT2D eigenvalue weighted by molar-refractivity contribution is 5.28. The SMILES string of the molecule is C=NC(OC(F)F)=C(C)C. The van der Waals surface area contributed by atoms with Crippen LogP contribution in [0.5, 0.6) is 0 Å². The van der Waals surface area contributed by atoms with E-state index in [4.69, 9.17) is 0 Å². The predicted molar refractivity (Wildman–Crippen MR) is 35.0 cm³/mol. The highest BCUT2D eigenvalue weighted by atomic mass is 19.3. The summed E-state index contributed by atoms with van der Waals surface area (Å²) < 4.78 is 27.0. The van der Waals surface area contributed by atoms with Crippen molar-refractivity contribution >= 4 is 6.72 Å². The number of hydrogen-bond donors (Lipinski definition) is 0. The minimum Gasteiger partial charge on any atom is -0.417 e. The highest BCUT2D eigenvalue weighted by Gasteiger charge is 2.05. The molecule has 0 saturated carbocycles. The lowest BCUT2D eigenvalue weighted by Crippen LogP contribution is -1.98. The van der Waals surface area contributed by atoms with Crippen LogP contribution in [0.25, 0.3) is 0 Å². The molecule has 0 heterocycles. The van der Waals surface area contributed by atoms with Gasteiger partial charge in [0, 0.05) is 0 Å². The van der Waals surface area contributed by atoms with E-state index in [1.165, 1.54) is 0 Å². The molecule has 2 nitrogen and oxygen atoms in total. The summed E-state index contributed by atoms with van der Waals surface area (Å²) in [6, 6.07) is 0. The van der Waals surface area contributed by atoms with Crippen molar-refractivity contribution in [2.24, 2.45) is 4.99 Å². The maximum Gasteiger partial charge on any atom is 0.388 e. The van der Waals surface area contributed by atoms with Crippen LogP contribution in [-0.4, -0.2) is 13.3 Å². The first-order valence-electron chi connectivity index (χ1n) is 2.67. The molecular weight excluding hydrogens is 140 g/mol. The van der Waals surface area contributed by atoms with Gasteiger partial charge in [0.25, 0.3) is 0 Å². The molecule has 0 atom stereocenters. The van der Waals surface area contributed by atoms with Crippen molar-refractivity contribution in [3.63, 3.8) is 0 Å². The molecule has 0 unspecified atom stereocenters. The molecule has 0 saturated heterocycles. The molecule has 0 aliphatic carbocycles. The van der Waals surface area contributed by atoms with Gasteiger partial charge in [-0.25, -0.2) is 4.99 Å². The molecular formula is C6H9F2NO. The van der Waals surface area contributed by atoms with E-state index in [0.717, 1.165) is 0 Å². The third-order valence-corrected chi connectivity index (χ3v) is 0.772. The monoisotopic (exact) mass is 149 g/mol. The molecule has 10 heavy (non-hydrogen) atoms. The Morgan fingerprint density at radius 2 is 2.00 bits per heavy atom. The second-order valence-corrected chi connectivity index (χ2v) is 1.84. The molecule has 0 aromatic rings. The summed E-state index contributed by atoms with van der Waals surface area (Å²) in [7, 11) is 0. The van der Waals surface area contributed by atoms with Crippen LogP contribution in [0.3, 0.4) is 0 Å². The van der Waals surface area contributed by atoms with Crippen molar-refractivity contribution in [3.05, 3.63) is 11.5 Å². The fourth-order valence-corrected chi connectivity index (χ4v) is 0.398. The van der Waals surface area contributed by atoms with Gasteiger partial charge >= 0.3 is 6.61 Å². The van der Waals surface area contributed by atoms with Crippen molar-refractivity contribution in [2.75, 3.05) is 0 Å². The van der Waals surface area contributed by atoms with E-state index in [1.54, 1.807) is 13.8 Å². The first kappa shape index (κ1) is 9.07. The third-order valence-electron chi connectivity index (χ3n) is 0.772. The van der Waals surface area contributed by atoms with Gasteiger partial charge in [0.15, 0.2) is 0 Å². The normalized spacial score (nSPS) is 9.30. The van der Waals surface area contributed by atoms with E-state index in [2.05, 4.69) is 16.4 Å². The molecule has 0 N–H and O–H groups in total. The van der Waals surface area contributed by atoms with Crippen LogP contribution in [0.2, 0.25) is 0 Å². The van der Waals surface area contributed by atoms with Gasteiger partial charge in [-0.2, -0.15) is 8.78 Å². The lowest BCUT2D eigenvalue weighted by atomic mass is 10.4. The average Bonchev–Trinajstić information content (AvgIpc) is 1.81. The molecule has 58 valence electrons. The average molecular weight is 149 g/mol. The number of aliphatic imine (C=N–C) groups is 1. The number of allylic oxidation sites excluding steroid dienone is 1. The Labute approximate surface area is 58.2 Å². The number of hydrogen-bond acceptors (Lipinski definition) is 2. The number of nitrogens with zero attached hydrogens (tertiary/aromatic N) is 1. The summed E-state index contributed by atoms with van der Waals surface area (Å²) >= 11 is 0. The van der Waals surface area contributed by atoms with Crippen molar-refractivity contribution in [2.45, 2.75) is 20.5 Å². The Kier molecular flexibility index (Phi) is 3.61. The largest absolute Gasteiger partial charge is 0.417 e. The molecule has 0 aliphatic rings. The molecule has 0 aliphatic heterocycles. The summed E-state index contributed by atoms with van der Waals surface area (Å²) in [5.41, 5.74) is 0.579. The Hall–Kier alpha value is -0.930. The van der Waals surface area contributed by atoms with Crippen LogP contribution in [0.15, 0.2) is 16.4 Å². The summed E-state index contributed by atoms with van der Waals surface area (Å²) in [5, 5.41) is 0. The number of halogens is 2. The Balaban J connectivity index is 4.11. The summed E-state index contributed by atoms with van der Waals surface area (Å²) in [6.45, 7) is 3.48. The Morgan fingerprint density at radius 1 is 1.50 bits per heavy atom. The highest BCUT2D eigenvalue weighted by Crippen LogP contribution is 2.10. The number of ether oxygens (including phenoxy) is 1. The standard InChI is InChI=1S/C6H9F2NO/c1-4(2)5(9-3)10-6(7)8/h6H,3H2,1-2H3. The smallest absolute Gasteiger partial charge is 0.388 e. The molecule has 0 amide bonds. The molecule has 0 spiro atoms. The molecule has 0 bridgehead atoms. The zero-order chi connectivity index (χ0) is 8.15. The zero-order valence-corrected chi connectivity index (χ0v) is 5.90. The van der Waals surface area contributed by atoms with E-state index in [1.807, 2.05) is 0 Å². The van der Waals surface area contributed by atoms with Gasteiger partial charge in [-0.1, -0.05) is 0 Å². The van der Waals surface area contributed by atoms with Crippen LogP contribution in [-0.2, 0) is 4.74 Å². The van der Waals surface area contributed by atoms with Gasteiger partial charge in [0.1, 0.15) is 0 Å². The summed E-state index contributed by atoms with van der Waals surface area (Å²) in [5.74, 6) is -0.102. The quantitative estimate of drug-likeness (QED) is 0.445. The van der Waals surface area contributed by atoms with Crippen LogP contribution in [0.1, 0.15) is 13.8 Å².